The van der Waals surface area contributed by atoms with Gasteiger partial charge in [-0.25, -0.2) is 0 Å². The summed E-state index contributed by atoms with van der Waals surface area (Å²) in [7, 11) is 4.55. The number of benzene rings is 2. The molecule has 7 heteroatoms. The van der Waals surface area contributed by atoms with Gasteiger partial charge >= 0.3 is 0 Å². The third-order valence-corrected chi connectivity index (χ3v) is 3.99. The molecule has 2 aromatic rings. The van der Waals surface area contributed by atoms with Crippen LogP contribution in [0.3, 0.4) is 0 Å². The van der Waals surface area contributed by atoms with E-state index in [2.05, 4.69) is 17.2 Å². The van der Waals surface area contributed by atoms with Crippen LogP contribution >= 0.6 is 0 Å². The number of carbonyl (C=O) groups excluding carboxylic acids is 2. The summed E-state index contributed by atoms with van der Waals surface area (Å²) in [6.45, 7) is 3.90. The average Bonchev–Trinajstić information content (AvgIpc) is 2.75. The summed E-state index contributed by atoms with van der Waals surface area (Å²) in [5, 5.41) is 5.41. The van der Waals surface area contributed by atoms with Crippen molar-refractivity contribution in [2.45, 2.75) is 0 Å². The molecule has 0 aliphatic heterocycles. The normalized spacial score (nSPS) is 10.3. The fourth-order valence-electron chi connectivity index (χ4n) is 2.65. The van der Waals surface area contributed by atoms with Crippen molar-refractivity contribution in [2.24, 2.45) is 0 Å². The van der Waals surface area contributed by atoms with Gasteiger partial charge in [-0.05, 0) is 30.3 Å². The number of methoxy groups -OCH3 is 3. The number of ether oxygens (including phenoxy) is 3. The van der Waals surface area contributed by atoms with E-state index in [0.29, 0.717) is 40.6 Å². The number of hydrogen-bond acceptors (Lipinski definition) is 5. The highest BCUT2D eigenvalue weighted by molar-refractivity contribution is 6.07. The van der Waals surface area contributed by atoms with Gasteiger partial charge in [-0.3, -0.25) is 9.59 Å². The van der Waals surface area contributed by atoms with E-state index >= 15 is 0 Å². The molecule has 0 saturated carbocycles. The van der Waals surface area contributed by atoms with Crippen LogP contribution in [-0.2, 0) is 4.79 Å². The van der Waals surface area contributed by atoms with E-state index in [9.17, 15) is 9.59 Å². The van der Waals surface area contributed by atoms with E-state index in [1.54, 1.807) is 48.6 Å². The zero-order chi connectivity index (χ0) is 21.2. The fraction of sp³-hybridized carbons (Fsp3) is 0.182. The number of carbonyl (C=O) groups is 2. The van der Waals surface area contributed by atoms with Crippen molar-refractivity contribution in [3.63, 3.8) is 0 Å². The molecule has 152 valence electrons. The zero-order valence-corrected chi connectivity index (χ0v) is 16.7. The molecule has 0 aliphatic rings. The molecule has 0 bridgehead atoms. The molecule has 0 heterocycles. The predicted octanol–water partition coefficient (Wildman–Crippen LogP) is 3.28. The Hall–Kier alpha value is -3.74. The molecule has 0 fully saturated rings. The molecule has 29 heavy (non-hydrogen) atoms. The number of nitrogens with one attached hydrogen (secondary N) is 2. The minimum Gasteiger partial charge on any atom is -0.493 e. The average molecular weight is 396 g/mol. The smallest absolute Gasteiger partial charge is 0.253 e. The summed E-state index contributed by atoms with van der Waals surface area (Å²) in [6.07, 6.45) is 4.52. The quantitative estimate of drug-likeness (QED) is 0.502. The second kappa shape index (κ2) is 10.6. The number of hydrogen-bond donors (Lipinski definition) is 2. The van der Waals surface area contributed by atoms with E-state index in [4.69, 9.17) is 14.2 Å². The standard InChI is InChI=1S/C22H24N2O5/c1-5-14-23-22(26)16-8-6-7-9-17(16)24-19(25)13-11-15-10-12-18(27-2)21(29-4)20(15)28-3/h5-13H,1,14H2,2-4H3,(H,23,26)(H,24,25)/b13-11+. The van der Waals surface area contributed by atoms with Gasteiger partial charge in [-0.1, -0.05) is 18.2 Å². The van der Waals surface area contributed by atoms with Crippen molar-refractivity contribution in [1.29, 1.82) is 0 Å². The SMILES string of the molecule is C=CCNC(=O)c1ccccc1NC(=O)/C=C/c1ccc(OC)c(OC)c1OC. The first kappa shape index (κ1) is 21.6. The summed E-state index contributed by atoms with van der Waals surface area (Å²) >= 11 is 0. The van der Waals surface area contributed by atoms with Gasteiger partial charge in [0.2, 0.25) is 11.7 Å². The van der Waals surface area contributed by atoms with Crippen molar-refractivity contribution >= 4 is 23.6 Å². The second-order valence-electron chi connectivity index (χ2n) is 5.79. The van der Waals surface area contributed by atoms with E-state index in [-0.39, 0.29) is 5.91 Å². The Kier molecular flexibility index (Phi) is 7.85. The highest BCUT2D eigenvalue weighted by Crippen LogP contribution is 2.40. The maximum Gasteiger partial charge on any atom is 0.253 e. The number of para-hydroxylation sites is 1. The van der Waals surface area contributed by atoms with Gasteiger partial charge in [0, 0.05) is 18.2 Å². The summed E-state index contributed by atoms with van der Waals surface area (Å²) in [5.74, 6) is 0.699. The van der Waals surface area contributed by atoms with Crippen LogP contribution < -0.4 is 24.8 Å². The molecule has 0 saturated heterocycles. The van der Waals surface area contributed by atoms with Crippen molar-refractivity contribution < 1.29 is 23.8 Å². The van der Waals surface area contributed by atoms with Crippen LogP contribution in [0.1, 0.15) is 15.9 Å². The van der Waals surface area contributed by atoms with Crippen LogP contribution in [0.4, 0.5) is 5.69 Å². The molecule has 7 nitrogen and oxygen atoms in total. The summed E-state index contributed by atoms with van der Waals surface area (Å²) < 4.78 is 16.0. The van der Waals surface area contributed by atoms with Gasteiger partial charge in [-0.2, -0.15) is 0 Å². The summed E-state index contributed by atoms with van der Waals surface area (Å²) in [4.78, 5) is 24.6. The second-order valence-corrected chi connectivity index (χ2v) is 5.79. The molecule has 0 aromatic heterocycles. The topological polar surface area (TPSA) is 85.9 Å². The maximum atomic E-state index is 12.4. The van der Waals surface area contributed by atoms with Crippen LogP contribution in [0.5, 0.6) is 17.2 Å². The summed E-state index contributed by atoms with van der Waals surface area (Å²) in [6, 6.07) is 10.2. The lowest BCUT2D eigenvalue weighted by atomic mass is 10.1. The minimum absolute atomic E-state index is 0.300. The summed E-state index contributed by atoms with van der Waals surface area (Å²) in [5.41, 5.74) is 1.40. The Morgan fingerprint density at radius 1 is 1.00 bits per heavy atom. The minimum atomic E-state index is -0.397. The monoisotopic (exact) mass is 396 g/mol. The lowest BCUT2D eigenvalue weighted by Gasteiger charge is -2.14. The Bertz CT molecular complexity index is 921. The van der Waals surface area contributed by atoms with Gasteiger partial charge in [0.05, 0.1) is 32.6 Å². The van der Waals surface area contributed by atoms with E-state index in [1.807, 2.05) is 0 Å². The van der Waals surface area contributed by atoms with E-state index in [1.165, 1.54) is 27.4 Å². The van der Waals surface area contributed by atoms with Crippen molar-refractivity contribution in [3.8, 4) is 17.2 Å². The molecular formula is C22H24N2O5. The highest BCUT2D eigenvalue weighted by atomic mass is 16.5. The van der Waals surface area contributed by atoms with Crippen LogP contribution in [0, 0.1) is 0 Å². The predicted molar refractivity (Wildman–Crippen MR) is 113 cm³/mol. The van der Waals surface area contributed by atoms with Crippen LogP contribution in [0.25, 0.3) is 6.08 Å². The van der Waals surface area contributed by atoms with Gasteiger partial charge in [0.15, 0.2) is 11.5 Å². The Morgan fingerprint density at radius 2 is 1.72 bits per heavy atom. The van der Waals surface area contributed by atoms with Gasteiger partial charge in [0.1, 0.15) is 0 Å². The third-order valence-electron chi connectivity index (χ3n) is 3.99. The first-order valence-electron chi connectivity index (χ1n) is 8.81. The van der Waals surface area contributed by atoms with Gasteiger partial charge < -0.3 is 24.8 Å². The molecule has 2 N–H and O–H groups in total. The number of amides is 2. The third kappa shape index (κ3) is 5.38. The molecule has 2 amide bonds. The van der Waals surface area contributed by atoms with Crippen LogP contribution in [0.2, 0.25) is 0 Å². The Morgan fingerprint density at radius 3 is 2.38 bits per heavy atom. The first-order chi connectivity index (χ1) is 14.0. The molecule has 0 atom stereocenters. The fourth-order valence-corrected chi connectivity index (χ4v) is 2.65. The van der Waals surface area contributed by atoms with Gasteiger partial charge in [-0.15, -0.1) is 6.58 Å². The number of rotatable bonds is 9. The van der Waals surface area contributed by atoms with Crippen molar-refractivity contribution in [1.82, 2.24) is 5.32 Å². The van der Waals surface area contributed by atoms with Crippen LogP contribution in [0.15, 0.2) is 55.1 Å². The molecule has 0 unspecified atom stereocenters. The molecule has 2 aromatic carbocycles. The molecule has 0 radical (unpaired) electrons. The van der Waals surface area contributed by atoms with Crippen LogP contribution in [-0.4, -0.2) is 39.7 Å². The first-order valence-corrected chi connectivity index (χ1v) is 8.81. The van der Waals surface area contributed by atoms with Gasteiger partial charge in [0.25, 0.3) is 5.91 Å². The maximum absolute atomic E-state index is 12.4. The highest BCUT2D eigenvalue weighted by Gasteiger charge is 2.15. The molecular weight excluding hydrogens is 372 g/mol. The molecule has 0 aliphatic carbocycles. The van der Waals surface area contributed by atoms with E-state index in [0.717, 1.165) is 0 Å². The van der Waals surface area contributed by atoms with Crippen molar-refractivity contribution in [2.75, 3.05) is 33.2 Å². The van der Waals surface area contributed by atoms with E-state index < -0.39 is 5.91 Å². The zero-order valence-electron chi connectivity index (χ0n) is 16.7. The number of anilines is 1. The lowest BCUT2D eigenvalue weighted by Crippen LogP contribution is -2.24. The molecule has 2 rings (SSSR count). The Balaban J connectivity index is 2.21. The Labute approximate surface area is 170 Å². The molecule has 0 spiro atoms. The lowest BCUT2D eigenvalue weighted by molar-refractivity contribution is -0.111. The van der Waals surface area contributed by atoms with Crippen molar-refractivity contribution in [3.05, 3.63) is 66.3 Å². The largest absolute Gasteiger partial charge is 0.493 e.